The van der Waals surface area contributed by atoms with Crippen molar-refractivity contribution in [1.82, 2.24) is 9.88 Å². The van der Waals surface area contributed by atoms with Gasteiger partial charge in [0.2, 0.25) is 0 Å². The van der Waals surface area contributed by atoms with Gasteiger partial charge in [0, 0.05) is 30.6 Å². The van der Waals surface area contributed by atoms with E-state index in [4.69, 9.17) is 4.74 Å². The maximum atomic E-state index is 12.6. The van der Waals surface area contributed by atoms with E-state index in [2.05, 4.69) is 24.0 Å². The van der Waals surface area contributed by atoms with Gasteiger partial charge < -0.3 is 14.6 Å². The number of nitrogens with one attached hydrogen (secondary N) is 1. The zero-order valence-electron chi connectivity index (χ0n) is 13.6. The van der Waals surface area contributed by atoms with Crippen molar-refractivity contribution >= 4 is 16.8 Å². The van der Waals surface area contributed by atoms with Gasteiger partial charge in [0.25, 0.3) is 5.91 Å². The Kier molecular flexibility index (Phi) is 4.06. The highest BCUT2D eigenvalue weighted by atomic mass is 16.5. The number of aromatic nitrogens is 1. The Bertz CT molecular complexity index is 851. The molecule has 1 aromatic heterocycles. The summed E-state index contributed by atoms with van der Waals surface area (Å²) in [5.41, 5.74) is 3.83. The predicted molar refractivity (Wildman–Crippen MR) is 91.8 cm³/mol. The van der Waals surface area contributed by atoms with E-state index in [1.54, 1.807) is 12.0 Å². The number of amides is 1. The first-order valence-electron chi connectivity index (χ1n) is 7.55. The fourth-order valence-electron chi connectivity index (χ4n) is 2.67. The highest BCUT2D eigenvalue weighted by Gasteiger charge is 2.15. The Balaban J connectivity index is 1.83. The normalized spacial score (nSPS) is 10.7. The maximum Gasteiger partial charge on any atom is 0.270 e. The summed E-state index contributed by atoms with van der Waals surface area (Å²) in [5.74, 6) is 0.745. The fraction of sp³-hybridized carbons (Fsp3) is 0.211. The van der Waals surface area contributed by atoms with Crippen molar-refractivity contribution in [2.24, 2.45) is 0 Å². The molecular formula is C19H20N2O2. The molecule has 0 atom stereocenters. The summed E-state index contributed by atoms with van der Waals surface area (Å²) in [6.07, 6.45) is 0. The number of fused-ring (bicyclic) bond motifs is 1. The van der Waals surface area contributed by atoms with Crippen LogP contribution >= 0.6 is 0 Å². The molecule has 3 aromatic rings. The summed E-state index contributed by atoms with van der Waals surface area (Å²) >= 11 is 0. The summed E-state index contributed by atoms with van der Waals surface area (Å²) in [5, 5.41) is 0.999. The molecule has 0 radical (unpaired) electrons. The molecule has 1 N–H and O–H groups in total. The van der Waals surface area contributed by atoms with Gasteiger partial charge in [-0.1, -0.05) is 24.3 Å². The zero-order chi connectivity index (χ0) is 16.4. The Hall–Kier alpha value is -2.75. The van der Waals surface area contributed by atoms with E-state index in [0.717, 1.165) is 22.2 Å². The van der Waals surface area contributed by atoms with Crippen LogP contribution in [0.25, 0.3) is 10.9 Å². The minimum Gasteiger partial charge on any atom is -0.497 e. The molecule has 4 heteroatoms. The number of hydrogen-bond acceptors (Lipinski definition) is 2. The molecule has 0 bridgehead atoms. The van der Waals surface area contributed by atoms with Gasteiger partial charge in [-0.2, -0.15) is 0 Å². The molecule has 0 spiro atoms. The second-order valence-electron chi connectivity index (χ2n) is 5.72. The number of nitrogens with zero attached hydrogens (tertiary/aromatic N) is 1. The second kappa shape index (κ2) is 6.16. The molecule has 1 heterocycles. The van der Waals surface area contributed by atoms with Crippen LogP contribution in [0.2, 0.25) is 0 Å². The molecule has 4 nitrogen and oxygen atoms in total. The van der Waals surface area contributed by atoms with Crippen molar-refractivity contribution in [3.05, 3.63) is 65.4 Å². The topological polar surface area (TPSA) is 45.3 Å². The van der Waals surface area contributed by atoms with Gasteiger partial charge >= 0.3 is 0 Å². The monoisotopic (exact) mass is 308 g/mol. The molecule has 0 aliphatic heterocycles. The molecule has 23 heavy (non-hydrogen) atoms. The smallest absolute Gasteiger partial charge is 0.270 e. The number of benzene rings is 2. The molecule has 118 valence electrons. The molecule has 0 aliphatic rings. The van der Waals surface area contributed by atoms with Crippen molar-refractivity contribution in [1.29, 1.82) is 0 Å². The Morgan fingerprint density at radius 1 is 1.17 bits per heavy atom. The highest BCUT2D eigenvalue weighted by Crippen LogP contribution is 2.22. The molecule has 0 saturated heterocycles. The van der Waals surface area contributed by atoms with Crippen molar-refractivity contribution in [3.63, 3.8) is 0 Å². The number of methoxy groups -OCH3 is 1. The van der Waals surface area contributed by atoms with Crippen molar-refractivity contribution in [2.75, 3.05) is 14.2 Å². The molecule has 0 saturated carbocycles. The third-order valence-corrected chi connectivity index (χ3v) is 4.08. The van der Waals surface area contributed by atoms with Crippen LogP contribution in [0.1, 0.15) is 21.6 Å². The van der Waals surface area contributed by atoms with E-state index in [1.165, 1.54) is 5.56 Å². The lowest BCUT2D eigenvalue weighted by Gasteiger charge is -2.17. The van der Waals surface area contributed by atoms with Gasteiger partial charge in [-0.15, -0.1) is 0 Å². The molecule has 0 aliphatic carbocycles. The summed E-state index contributed by atoms with van der Waals surface area (Å²) < 4.78 is 5.22. The van der Waals surface area contributed by atoms with E-state index in [-0.39, 0.29) is 5.91 Å². The van der Waals surface area contributed by atoms with E-state index in [0.29, 0.717) is 12.2 Å². The minimum atomic E-state index is -0.0246. The third kappa shape index (κ3) is 3.06. The number of rotatable bonds is 4. The van der Waals surface area contributed by atoms with Crippen LogP contribution in [-0.4, -0.2) is 29.9 Å². The number of hydrogen-bond donors (Lipinski definition) is 1. The average Bonchev–Trinajstić information content (AvgIpc) is 2.99. The highest BCUT2D eigenvalue weighted by molar-refractivity contribution is 5.98. The first-order chi connectivity index (χ1) is 11.1. The average molecular weight is 308 g/mol. The van der Waals surface area contributed by atoms with Crippen LogP contribution in [-0.2, 0) is 6.54 Å². The summed E-state index contributed by atoms with van der Waals surface area (Å²) in [4.78, 5) is 17.6. The minimum absolute atomic E-state index is 0.0246. The molecular weight excluding hydrogens is 288 g/mol. The molecule has 1 amide bonds. The van der Waals surface area contributed by atoms with E-state index in [1.807, 2.05) is 43.4 Å². The predicted octanol–water partition coefficient (Wildman–Crippen LogP) is 3.76. The number of H-pyrrole nitrogens is 1. The molecule has 2 aromatic carbocycles. The van der Waals surface area contributed by atoms with Crippen molar-refractivity contribution in [3.8, 4) is 5.75 Å². The fourth-order valence-corrected chi connectivity index (χ4v) is 2.67. The number of ether oxygens (including phenoxy) is 1. The summed E-state index contributed by atoms with van der Waals surface area (Å²) in [6.45, 7) is 2.65. The lowest BCUT2D eigenvalue weighted by atomic mass is 10.1. The number of aromatic amines is 1. The van der Waals surface area contributed by atoms with Crippen molar-refractivity contribution < 1.29 is 9.53 Å². The lowest BCUT2D eigenvalue weighted by Crippen LogP contribution is -2.26. The maximum absolute atomic E-state index is 12.6. The van der Waals surface area contributed by atoms with Crippen LogP contribution in [0.5, 0.6) is 5.75 Å². The van der Waals surface area contributed by atoms with Crippen LogP contribution in [0.15, 0.2) is 48.5 Å². The van der Waals surface area contributed by atoms with Crippen LogP contribution < -0.4 is 4.74 Å². The van der Waals surface area contributed by atoms with Gasteiger partial charge in [-0.05, 0) is 36.2 Å². The lowest BCUT2D eigenvalue weighted by molar-refractivity contribution is 0.0780. The zero-order valence-corrected chi connectivity index (χ0v) is 13.6. The van der Waals surface area contributed by atoms with Crippen molar-refractivity contribution in [2.45, 2.75) is 13.5 Å². The van der Waals surface area contributed by atoms with Gasteiger partial charge in [0.15, 0.2) is 0 Å². The first-order valence-corrected chi connectivity index (χ1v) is 7.55. The van der Waals surface area contributed by atoms with Gasteiger partial charge in [0.1, 0.15) is 11.4 Å². The van der Waals surface area contributed by atoms with Gasteiger partial charge in [-0.3, -0.25) is 4.79 Å². The molecule has 0 unspecified atom stereocenters. The van der Waals surface area contributed by atoms with Gasteiger partial charge in [0.05, 0.1) is 7.11 Å². The van der Waals surface area contributed by atoms with E-state index >= 15 is 0 Å². The van der Waals surface area contributed by atoms with E-state index < -0.39 is 0 Å². The number of carbonyl (C=O) groups excluding carboxylic acids is 1. The molecule has 0 fully saturated rings. The Morgan fingerprint density at radius 3 is 2.70 bits per heavy atom. The van der Waals surface area contributed by atoms with Crippen LogP contribution in [0.4, 0.5) is 0 Å². The third-order valence-electron chi connectivity index (χ3n) is 4.08. The Morgan fingerprint density at radius 2 is 1.96 bits per heavy atom. The summed E-state index contributed by atoms with van der Waals surface area (Å²) in [6, 6.07) is 15.7. The second-order valence-corrected chi connectivity index (χ2v) is 5.72. The van der Waals surface area contributed by atoms with Gasteiger partial charge in [-0.25, -0.2) is 0 Å². The standard InChI is InChI=1S/C19H20N2O2/c1-13-6-4-5-7-15(13)12-21(2)19(22)18-10-14-8-9-16(23-3)11-17(14)20-18/h4-11,20H,12H2,1-3H3. The van der Waals surface area contributed by atoms with Crippen LogP contribution in [0, 0.1) is 6.92 Å². The van der Waals surface area contributed by atoms with E-state index in [9.17, 15) is 4.79 Å². The van der Waals surface area contributed by atoms with Crippen LogP contribution in [0.3, 0.4) is 0 Å². The number of carbonyl (C=O) groups is 1. The largest absolute Gasteiger partial charge is 0.497 e. The Labute approximate surface area is 135 Å². The first kappa shape index (κ1) is 15.2. The SMILES string of the molecule is COc1ccc2cc(C(=O)N(C)Cc3ccccc3C)[nH]c2c1. The molecule has 3 rings (SSSR count). The number of aryl methyl sites for hydroxylation is 1. The summed E-state index contributed by atoms with van der Waals surface area (Å²) in [7, 11) is 3.45. The quantitative estimate of drug-likeness (QED) is 0.797.